The SMILES string of the molecule is [CH2]CC=C(C)CC. The highest BCUT2D eigenvalue weighted by molar-refractivity contribution is 4.96. The second kappa shape index (κ2) is 3.91. The average Bonchev–Trinajstić information content (AvgIpc) is 1.68. The molecule has 0 fully saturated rings. The van der Waals surface area contributed by atoms with Gasteiger partial charge in [-0.05, 0) is 26.7 Å². The van der Waals surface area contributed by atoms with Crippen molar-refractivity contribution in [1.29, 1.82) is 0 Å². The van der Waals surface area contributed by atoms with Crippen LogP contribution in [0.15, 0.2) is 11.6 Å². The molecule has 0 heteroatoms. The quantitative estimate of drug-likeness (QED) is 0.464. The van der Waals surface area contributed by atoms with Crippen LogP contribution in [0.5, 0.6) is 0 Å². The van der Waals surface area contributed by atoms with Gasteiger partial charge in [0.2, 0.25) is 0 Å². The maximum atomic E-state index is 3.70. The Labute approximate surface area is 46.2 Å². The number of hydrogen-bond donors (Lipinski definition) is 0. The topological polar surface area (TPSA) is 0 Å². The van der Waals surface area contributed by atoms with E-state index >= 15 is 0 Å². The molecule has 0 saturated heterocycles. The lowest BCUT2D eigenvalue weighted by molar-refractivity contribution is 1.08. The van der Waals surface area contributed by atoms with E-state index in [0.29, 0.717) is 0 Å². The van der Waals surface area contributed by atoms with E-state index in [0.717, 1.165) is 12.8 Å². The van der Waals surface area contributed by atoms with E-state index in [1.807, 2.05) is 0 Å². The average molecular weight is 97.2 g/mol. The van der Waals surface area contributed by atoms with E-state index in [2.05, 4.69) is 26.8 Å². The van der Waals surface area contributed by atoms with Gasteiger partial charge in [0.1, 0.15) is 0 Å². The van der Waals surface area contributed by atoms with Crippen molar-refractivity contribution in [3.05, 3.63) is 18.6 Å². The van der Waals surface area contributed by atoms with Gasteiger partial charge in [0.15, 0.2) is 0 Å². The van der Waals surface area contributed by atoms with Gasteiger partial charge in [-0.2, -0.15) is 0 Å². The van der Waals surface area contributed by atoms with Gasteiger partial charge in [0.05, 0.1) is 0 Å². The van der Waals surface area contributed by atoms with Gasteiger partial charge < -0.3 is 0 Å². The third-order valence-corrected chi connectivity index (χ3v) is 1.05. The number of allylic oxidation sites excluding steroid dienone is 2. The Morgan fingerprint density at radius 1 is 1.71 bits per heavy atom. The van der Waals surface area contributed by atoms with Gasteiger partial charge in [-0.1, -0.05) is 18.6 Å². The molecule has 0 aliphatic rings. The van der Waals surface area contributed by atoms with Crippen LogP contribution in [0.2, 0.25) is 0 Å². The second-order valence-corrected chi connectivity index (χ2v) is 1.69. The van der Waals surface area contributed by atoms with Crippen LogP contribution < -0.4 is 0 Å². The zero-order valence-corrected chi connectivity index (χ0v) is 5.20. The molecule has 0 spiro atoms. The van der Waals surface area contributed by atoms with Crippen molar-refractivity contribution in [1.82, 2.24) is 0 Å². The summed E-state index contributed by atoms with van der Waals surface area (Å²) in [6.45, 7) is 7.98. The summed E-state index contributed by atoms with van der Waals surface area (Å²) in [7, 11) is 0. The fourth-order valence-corrected chi connectivity index (χ4v) is 0.391. The largest absolute Gasteiger partial charge is 0.0856 e. The minimum Gasteiger partial charge on any atom is -0.0856 e. The van der Waals surface area contributed by atoms with E-state index in [9.17, 15) is 0 Å². The van der Waals surface area contributed by atoms with E-state index in [1.54, 1.807) is 0 Å². The van der Waals surface area contributed by atoms with E-state index in [4.69, 9.17) is 0 Å². The Hall–Kier alpha value is -0.260. The van der Waals surface area contributed by atoms with Crippen molar-refractivity contribution >= 4 is 0 Å². The van der Waals surface area contributed by atoms with Gasteiger partial charge in [0.25, 0.3) is 0 Å². The summed E-state index contributed by atoms with van der Waals surface area (Å²) in [5.41, 5.74) is 1.44. The fraction of sp³-hybridized carbons (Fsp3) is 0.571. The van der Waals surface area contributed by atoms with E-state index in [1.165, 1.54) is 5.57 Å². The molecule has 0 saturated carbocycles. The molecular weight excluding hydrogens is 84.1 g/mol. The highest BCUT2D eigenvalue weighted by Crippen LogP contribution is 1.97. The Bertz CT molecular complexity index is 60.4. The lowest BCUT2D eigenvalue weighted by Crippen LogP contribution is -1.67. The lowest BCUT2D eigenvalue weighted by atomic mass is 10.2. The summed E-state index contributed by atoms with van der Waals surface area (Å²) >= 11 is 0. The van der Waals surface area contributed by atoms with Crippen molar-refractivity contribution in [3.8, 4) is 0 Å². The van der Waals surface area contributed by atoms with Crippen LogP contribution in [0, 0.1) is 6.92 Å². The molecule has 0 bridgehead atoms. The molecule has 0 N–H and O–H groups in total. The summed E-state index contributed by atoms with van der Waals surface area (Å²) in [6, 6.07) is 0. The molecule has 7 heavy (non-hydrogen) atoms. The summed E-state index contributed by atoms with van der Waals surface area (Å²) in [5.74, 6) is 0. The molecular formula is C7H13. The molecule has 0 aromatic rings. The Kier molecular flexibility index (Phi) is 3.77. The first-order chi connectivity index (χ1) is 3.31. The molecule has 0 aliphatic heterocycles. The second-order valence-electron chi connectivity index (χ2n) is 1.69. The van der Waals surface area contributed by atoms with Crippen LogP contribution >= 0.6 is 0 Å². The van der Waals surface area contributed by atoms with Gasteiger partial charge >= 0.3 is 0 Å². The molecule has 0 aliphatic carbocycles. The summed E-state index contributed by atoms with van der Waals surface area (Å²) in [6.07, 6.45) is 4.25. The highest BCUT2D eigenvalue weighted by atomic mass is 13.8. The summed E-state index contributed by atoms with van der Waals surface area (Å²) in [4.78, 5) is 0. The summed E-state index contributed by atoms with van der Waals surface area (Å²) < 4.78 is 0. The summed E-state index contributed by atoms with van der Waals surface area (Å²) in [5, 5.41) is 0. The predicted octanol–water partition coefficient (Wildman–Crippen LogP) is 2.57. The van der Waals surface area contributed by atoms with Crippen molar-refractivity contribution in [2.75, 3.05) is 0 Å². The van der Waals surface area contributed by atoms with E-state index < -0.39 is 0 Å². The third kappa shape index (κ3) is 3.57. The van der Waals surface area contributed by atoms with Crippen molar-refractivity contribution < 1.29 is 0 Å². The zero-order chi connectivity index (χ0) is 5.70. The molecule has 0 unspecified atom stereocenters. The predicted molar refractivity (Wildman–Crippen MR) is 34.0 cm³/mol. The van der Waals surface area contributed by atoms with Gasteiger partial charge in [-0.3, -0.25) is 0 Å². The highest BCUT2D eigenvalue weighted by Gasteiger charge is 1.76. The standard InChI is InChI=1S/C7H13/c1-4-6-7(3)5-2/h6H,1,4-5H2,2-3H3. The number of rotatable bonds is 2. The minimum absolute atomic E-state index is 0.930. The Morgan fingerprint density at radius 2 is 2.29 bits per heavy atom. The smallest absolute Gasteiger partial charge is 0.0348 e. The molecule has 0 nitrogen and oxygen atoms in total. The fourth-order valence-electron chi connectivity index (χ4n) is 0.391. The Morgan fingerprint density at radius 3 is 2.43 bits per heavy atom. The first kappa shape index (κ1) is 6.74. The molecule has 1 radical (unpaired) electrons. The first-order valence-electron chi connectivity index (χ1n) is 2.76. The van der Waals surface area contributed by atoms with Crippen molar-refractivity contribution in [2.24, 2.45) is 0 Å². The molecule has 0 atom stereocenters. The first-order valence-corrected chi connectivity index (χ1v) is 2.76. The van der Waals surface area contributed by atoms with Crippen molar-refractivity contribution in [3.63, 3.8) is 0 Å². The van der Waals surface area contributed by atoms with Crippen LogP contribution in [0.25, 0.3) is 0 Å². The zero-order valence-electron chi connectivity index (χ0n) is 5.20. The van der Waals surface area contributed by atoms with Crippen LogP contribution in [0.1, 0.15) is 26.7 Å². The van der Waals surface area contributed by atoms with Gasteiger partial charge in [0, 0.05) is 0 Å². The maximum absolute atomic E-state index is 3.70. The molecule has 0 amide bonds. The number of hydrogen-bond acceptors (Lipinski definition) is 0. The van der Waals surface area contributed by atoms with Gasteiger partial charge in [-0.25, -0.2) is 0 Å². The van der Waals surface area contributed by atoms with Crippen molar-refractivity contribution in [2.45, 2.75) is 26.7 Å². The monoisotopic (exact) mass is 97.1 g/mol. The van der Waals surface area contributed by atoms with Crippen LogP contribution in [0.3, 0.4) is 0 Å². The van der Waals surface area contributed by atoms with Crippen LogP contribution in [-0.2, 0) is 0 Å². The van der Waals surface area contributed by atoms with Gasteiger partial charge in [-0.15, -0.1) is 0 Å². The normalized spacial score (nSPS) is 12.1. The molecule has 0 aromatic carbocycles. The minimum atomic E-state index is 0.930. The van der Waals surface area contributed by atoms with E-state index in [-0.39, 0.29) is 0 Å². The molecule has 0 heterocycles. The van der Waals surface area contributed by atoms with Crippen LogP contribution in [-0.4, -0.2) is 0 Å². The third-order valence-electron chi connectivity index (χ3n) is 1.05. The van der Waals surface area contributed by atoms with Crippen LogP contribution in [0.4, 0.5) is 0 Å². The maximum Gasteiger partial charge on any atom is -0.0348 e. The lowest BCUT2D eigenvalue weighted by Gasteiger charge is -1.88. The molecule has 0 aromatic heterocycles. The Balaban J connectivity index is 3.29. The molecule has 0 rings (SSSR count). The molecule has 41 valence electrons.